The SMILES string of the molecule is CCCCCCCOc1ccc(C(=O)Oc2ccc(CN(CC(=O)O)C(=O)c3ccc(NC(=O)Cc4cc(OC)cc(OC)c4)cc3)cc2)cc1. The van der Waals surface area contributed by atoms with Crippen LogP contribution in [0.5, 0.6) is 23.0 Å². The number of esters is 1. The second-order valence-electron chi connectivity index (χ2n) is 11.9. The van der Waals surface area contributed by atoms with Gasteiger partial charge in [0, 0.05) is 23.9 Å². The number of aliphatic carboxylic acids is 1. The predicted octanol–water partition coefficient (Wildman–Crippen LogP) is 7.18. The van der Waals surface area contributed by atoms with E-state index < -0.39 is 24.4 Å². The molecule has 0 bridgehead atoms. The first kappa shape index (κ1) is 38.0. The van der Waals surface area contributed by atoms with Crippen molar-refractivity contribution in [3.8, 4) is 23.0 Å². The maximum Gasteiger partial charge on any atom is 0.343 e. The van der Waals surface area contributed by atoms with E-state index in [4.69, 9.17) is 18.9 Å². The van der Waals surface area contributed by atoms with E-state index in [2.05, 4.69) is 12.2 Å². The van der Waals surface area contributed by atoms with Crippen LogP contribution in [0, 0.1) is 0 Å². The van der Waals surface area contributed by atoms with E-state index in [1.807, 2.05) is 0 Å². The van der Waals surface area contributed by atoms with Crippen molar-refractivity contribution >= 4 is 29.4 Å². The van der Waals surface area contributed by atoms with Crippen molar-refractivity contribution in [2.24, 2.45) is 0 Å². The second-order valence-corrected chi connectivity index (χ2v) is 11.9. The van der Waals surface area contributed by atoms with Gasteiger partial charge in [0.1, 0.15) is 29.5 Å². The normalized spacial score (nSPS) is 10.6. The van der Waals surface area contributed by atoms with Gasteiger partial charge in [0.15, 0.2) is 0 Å². The highest BCUT2D eigenvalue weighted by Gasteiger charge is 2.20. The van der Waals surface area contributed by atoms with Crippen molar-refractivity contribution in [2.45, 2.75) is 52.0 Å². The number of carboxylic acid groups (broad SMARTS) is 1. The zero-order valence-electron chi connectivity index (χ0n) is 29.2. The lowest BCUT2D eigenvalue weighted by molar-refractivity contribution is -0.137. The summed E-state index contributed by atoms with van der Waals surface area (Å²) in [5, 5.41) is 12.3. The summed E-state index contributed by atoms with van der Waals surface area (Å²) in [7, 11) is 3.06. The molecule has 0 atom stereocenters. The van der Waals surface area contributed by atoms with Gasteiger partial charge in [-0.25, -0.2) is 4.79 Å². The van der Waals surface area contributed by atoms with Crippen LogP contribution in [-0.4, -0.2) is 61.1 Å². The van der Waals surface area contributed by atoms with Gasteiger partial charge in [-0.2, -0.15) is 0 Å². The molecule has 0 spiro atoms. The Morgan fingerprint density at radius 1 is 0.686 bits per heavy atom. The van der Waals surface area contributed by atoms with Crippen molar-refractivity contribution < 1.29 is 43.2 Å². The first-order valence-corrected chi connectivity index (χ1v) is 16.8. The van der Waals surface area contributed by atoms with Crippen LogP contribution < -0.4 is 24.3 Å². The molecule has 0 saturated heterocycles. The van der Waals surface area contributed by atoms with Gasteiger partial charge in [-0.3, -0.25) is 14.4 Å². The number of nitrogens with zero attached hydrogens (tertiary/aromatic N) is 1. The molecule has 0 aromatic heterocycles. The van der Waals surface area contributed by atoms with E-state index in [0.717, 1.165) is 12.8 Å². The van der Waals surface area contributed by atoms with Crippen LogP contribution in [0.25, 0.3) is 0 Å². The number of anilines is 1. The molecule has 0 aliphatic heterocycles. The lowest BCUT2D eigenvalue weighted by Gasteiger charge is -2.21. The zero-order chi connectivity index (χ0) is 36.6. The Hall–Kier alpha value is -5.84. The van der Waals surface area contributed by atoms with Gasteiger partial charge in [0.2, 0.25) is 5.91 Å². The van der Waals surface area contributed by atoms with Gasteiger partial charge in [-0.05, 0) is 90.3 Å². The van der Waals surface area contributed by atoms with E-state index in [1.54, 1.807) is 78.9 Å². The summed E-state index contributed by atoms with van der Waals surface area (Å²) < 4.78 is 21.8. The van der Waals surface area contributed by atoms with Gasteiger partial charge in [-0.1, -0.05) is 44.7 Å². The summed E-state index contributed by atoms with van der Waals surface area (Å²) in [6.45, 7) is 2.28. The van der Waals surface area contributed by atoms with Gasteiger partial charge >= 0.3 is 11.9 Å². The number of nitrogens with one attached hydrogen (secondary N) is 1. The summed E-state index contributed by atoms with van der Waals surface area (Å²) in [4.78, 5) is 51.6. The fourth-order valence-electron chi connectivity index (χ4n) is 5.23. The van der Waals surface area contributed by atoms with Crippen LogP contribution >= 0.6 is 0 Å². The second kappa shape index (κ2) is 19.4. The van der Waals surface area contributed by atoms with E-state index in [9.17, 15) is 24.3 Å². The molecule has 0 unspecified atom stereocenters. The molecule has 0 aliphatic carbocycles. The molecular formula is C40H44N2O9. The molecule has 11 heteroatoms. The number of benzene rings is 4. The van der Waals surface area contributed by atoms with Crippen molar-refractivity contribution in [3.05, 3.63) is 113 Å². The van der Waals surface area contributed by atoms with E-state index in [-0.39, 0.29) is 24.4 Å². The Morgan fingerprint density at radius 2 is 1.29 bits per heavy atom. The molecule has 0 heterocycles. The molecule has 2 N–H and O–H groups in total. The van der Waals surface area contributed by atoms with E-state index >= 15 is 0 Å². The zero-order valence-corrected chi connectivity index (χ0v) is 29.2. The molecule has 0 fully saturated rings. The lowest BCUT2D eigenvalue weighted by atomic mass is 10.1. The third-order valence-electron chi connectivity index (χ3n) is 7.92. The maximum absolute atomic E-state index is 13.4. The standard InChI is InChI=1S/C40H44N2O9/c1-4-5-6-7-8-21-50-33-19-13-31(14-20-33)40(47)51-34-17-9-28(10-18-34)26-42(27-38(44)45)39(46)30-11-15-32(16-12-30)41-37(43)24-29-22-35(48-2)25-36(23-29)49-3/h9-20,22-23,25H,4-8,21,24,26-27H2,1-3H3,(H,41,43)(H,44,45). The number of rotatable bonds is 19. The minimum Gasteiger partial charge on any atom is -0.497 e. The molecule has 51 heavy (non-hydrogen) atoms. The van der Waals surface area contributed by atoms with E-state index in [1.165, 1.54) is 50.5 Å². The van der Waals surface area contributed by atoms with E-state index in [0.29, 0.717) is 52.0 Å². The summed E-state index contributed by atoms with van der Waals surface area (Å²) in [5.74, 6) is -0.358. The van der Waals surface area contributed by atoms with Gasteiger partial charge in [-0.15, -0.1) is 0 Å². The van der Waals surface area contributed by atoms with Gasteiger partial charge in [0.05, 0.1) is 32.8 Å². The molecule has 0 radical (unpaired) electrons. The molecule has 0 saturated carbocycles. The Morgan fingerprint density at radius 3 is 1.90 bits per heavy atom. The maximum atomic E-state index is 13.4. The number of amides is 2. The number of ether oxygens (including phenoxy) is 4. The smallest absolute Gasteiger partial charge is 0.343 e. The topological polar surface area (TPSA) is 141 Å². The molecular weight excluding hydrogens is 652 g/mol. The minimum atomic E-state index is -1.17. The van der Waals surface area contributed by atoms with Crippen molar-refractivity contribution in [2.75, 3.05) is 32.7 Å². The molecule has 4 aromatic rings. The van der Waals surface area contributed by atoms with Crippen molar-refractivity contribution in [1.82, 2.24) is 4.90 Å². The highest BCUT2D eigenvalue weighted by molar-refractivity contribution is 5.97. The largest absolute Gasteiger partial charge is 0.497 e. The van der Waals surface area contributed by atoms with Crippen LogP contribution in [0.15, 0.2) is 91.0 Å². The first-order chi connectivity index (χ1) is 24.7. The predicted molar refractivity (Wildman–Crippen MR) is 193 cm³/mol. The first-order valence-electron chi connectivity index (χ1n) is 16.8. The molecule has 268 valence electrons. The number of unbranched alkanes of at least 4 members (excludes halogenated alkanes) is 4. The van der Waals surface area contributed by atoms with Crippen molar-refractivity contribution in [3.63, 3.8) is 0 Å². The van der Waals surface area contributed by atoms with Crippen LogP contribution in [0.4, 0.5) is 5.69 Å². The number of carbonyl (C=O) groups is 4. The van der Waals surface area contributed by atoms with Gasteiger partial charge < -0.3 is 34.3 Å². The van der Waals surface area contributed by atoms with Crippen LogP contribution in [0.3, 0.4) is 0 Å². The average Bonchev–Trinajstić information content (AvgIpc) is 3.13. The fraction of sp³-hybridized carbons (Fsp3) is 0.300. The number of hydrogen-bond donors (Lipinski definition) is 2. The third-order valence-corrected chi connectivity index (χ3v) is 7.92. The highest BCUT2D eigenvalue weighted by Crippen LogP contribution is 2.24. The number of carbonyl (C=O) groups excluding carboxylic acids is 3. The Bertz CT molecular complexity index is 1730. The summed E-state index contributed by atoms with van der Waals surface area (Å²) in [6.07, 6.45) is 5.81. The summed E-state index contributed by atoms with van der Waals surface area (Å²) >= 11 is 0. The lowest BCUT2D eigenvalue weighted by Crippen LogP contribution is -2.35. The molecule has 0 aliphatic rings. The Kier molecular flexibility index (Phi) is 14.4. The number of methoxy groups -OCH3 is 2. The quantitative estimate of drug-likeness (QED) is 0.0593. The molecule has 11 nitrogen and oxygen atoms in total. The third kappa shape index (κ3) is 12.2. The average molecular weight is 697 g/mol. The van der Waals surface area contributed by atoms with Crippen LogP contribution in [0.2, 0.25) is 0 Å². The monoisotopic (exact) mass is 696 g/mol. The molecule has 2 amide bonds. The fourth-order valence-corrected chi connectivity index (χ4v) is 5.23. The van der Waals surface area contributed by atoms with Crippen LogP contribution in [0.1, 0.15) is 70.9 Å². The van der Waals surface area contributed by atoms with Crippen LogP contribution in [-0.2, 0) is 22.6 Å². The summed E-state index contributed by atoms with van der Waals surface area (Å²) in [6, 6.07) is 24.7. The summed E-state index contributed by atoms with van der Waals surface area (Å²) in [5.41, 5.74) is 2.43. The number of hydrogen-bond acceptors (Lipinski definition) is 8. The number of carboxylic acids is 1. The Labute approximate surface area is 298 Å². The molecule has 4 aromatic carbocycles. The minimum absolute atomic E-state index is 0.00190. The highest BCUT2D eigenvalue weighted by atomic mass is 16.5. The molecule has 4 rings (SSSR count). The van der Waals surface area contributed by atoms with Gasteiger partial charge in [0.25, 0.3) is 5.91 Å². The van der Waals surface area contributed by atoms with Crippen molar-refractivity contribution in [1.29, 1.82) is 0 Å². The Balaban J connectivity index is 1.30.